The third-order valence-electron chi connectivity index (χ3n) is 8.19. The summed E-state index contributed by atoms with van der Waals surface area (Å²) in [5.74, 6) is -1.85. The molecule has 256 valence electrons. The molecule has 0 unspecified atom stereocenters. The van der Waals surface area contributed by atoms with E-state index in [4.69, 9.17) is 23.4 Å². The quantitative estimate of drug-likeness (QED) is 0.145. The van der Waals surface area contributed by atoms with E-state index in [1.807, 2.05) is 13.8 Å². The average Bonchev–Trinajstić information content (AvgIpc) is 3.02. The topological polar surface area (TPSA) is 249 Å². The largest absolute Gasteiger partial charge is 0.508 e. The van der Waals surface area contributed by atoms with Gasteiger partial charge in [-0.2, -0.15) is 0 Å². The van der Waals surface area contributed by atoms with E-state index in [0.29, 0.717) is 0 Å². The van der Waals surface area contributed by atoms with Gasteiger partial charge in [0.25, 0.3) is 0 Å². The Hall–Kier alpha value is -3.77. The Labute approximate surface area is 267 Å². The van der Waals surface area contributed by atoms with E-state index in [2.05, 4.69) is 0 Å². The molecule has 3 heterocycles. The molecule has 0 radical (unpaired) electrons. The summed E-state index contributed by atoms with van der Waals surface area (Å²) in [6.07, 6.45) is -14.6. The Kier molecular flexibility index (Phi) is 10.1. The number of benzene rings is 2. The van der Waals surface area contributed by atoms with E-state index in [0.717, 1.165) is 11.6 Å². The molecule has 0 bridgehead atoms. The number of phenolic OH excluding ortho intramolecular Hbond substituents is 3. The minimum absolute atomic E-state index is 0.103. The summed E-state index contributed by atoms with van der Waals surface area (Å²) in [5.41, 5.74) is 0.231. The molecule has 0 saturated carbocycles. The van der Waals surface area contributed by atoms with Crippen LogP contribution in [0, 0.1) is 0 Å². The highest BCUT2D eigenvalue weighted by atomic mass is 16.8. The first-order valence-corrected chi connectivity index (χ1v) is 14.8. The third-order valence-corrected chi connectivity index (χ3v) is 8.19. The highest BCUT2D eigenvalue weighted by Crippen LogP contribution is 2.40. The van der Waals surface area contributed by atoms with Gasteiger partial charge in [0, 0.05) is 17.2 Å². The van der Waals surface area contributed by atoms with Gasteiger partial charge in [0.15, 0.2) is 18.2 Å². The van der Waals surface area contributed by atoms with Crippen LogP contribution in [0.4, 0.5) is 0 Å². The smallest absolute Gasteiger partial charge is 0.239 e. The second kappa shape index (κ2) is 13.8. The molecular weight excluding hydrogens is 624 g/mol. The zero-order chi connectivity index (χ0) is 34.3. The lowest BCUT2D eigenvalue weighted by Gasteiger charge is -2.45. The first-order valence-electron chi connectivity index (χ1n) is 14.8. The summed E-state index contributed by atoms with van der Waals surface area (Å²) in [5, 5.41) is 93.3. The molecule has 10 atom stereocenters. The van der Waals surface area contributed by atoms with Crippen LogP contribution in [-0.4, -0.2) is 114 Å². The third kappa shape index (κ3) is 6.67. The summed E-state index contributed by atoms with van der Waals surface area (Å²) in [6.45, 7) is 4.31. The Balaban J connectivity index is 1.64. The summed E-state index contributed by atoms with van der Waals surface area (Å²) >= 11 is 0. The maximum absolute atomic E-state index is 14.2. The van der Waals surface area contributed by atoms with Crippen LogP contribution in [-0.2, 0) is 20.6 Å². The number of allylic oxidation sites excluding steroid dienone is 2. The fourth-order valence-corrected chi connectivity index (χ4v) is 5.48. The molecule has 15 heteroatoms. The molecule has 1 aromatic heterocycles. The van der Waals surface area contributed by atoms with Crippen LogP contribution in [0.2, 0.25) is 0 Å². The van der Waals surface area contributed by atoms with Crippen LogP contribution < -0.4 is 10.2 Å². The number of hydrogen-bond acceptors (Lipinski definition) is 15. The number of aromatic hydroxyl groups is 3. The predicted molar refractivity (Wildman–Crippen MR) is 162 cm³/mol. The van der Waals surface area contributed by atoms with Gasteiger partial charge in [-0.25, -0.2) is 0 Å². The summed E-state index contributed by atoms with van der Waals surface area (Å²) < 4.78 is 29.2. The van der Waals surface area contributed by atoms with Gasteiger partial charge in [-0.3, -0.25) is 4.79 Å². The van der Waals surface area contributed by atoms with Gasteiger partial charge < -0.3 is 69.3 Å². The Morgan fingerprint density at radius 1 is 0.872 bits per heavy atom. The first-order chi connectivity index (χ1) is 22.2. The van der Waals surface area contributed by atoms with E-state index in [-0.39, 0.29) is 45.8 Å². The molecule has 2 saturated heterocycles. The first kappa shape index (κ1) is 34.6. The zero-order valence-corrected chi connectivity index (χ0v) is 25.6. The molecule has 0 aliphatic carbocycles. The van der Waals surface area contributed by atoms with Crippen molar-refractivity contribution in [2.24, 2.45) is 0 Å². The summed E-state index contributed by atoms with van der Waals surface area (Å²) in [7, 11) is 0. The molecule has 2 fully saturated rings. The molecular formula is C32H38O15. The standard InChI is InChI=1S/C32H38O15/c1-12(2)4-9-16-17(35)10-18(36)20-23(39)29(27(45-28(16)20)14-5-7-15(34)8-6-14)46-32-30(25(41)21(37)13(3)43-32)47-31-26(42)24(40)22(38)19(11-33)44-31/h4-8,10,13,19,21-22,24-26,30-38,40-42H,9,11H2,1-3H3/t13-,19+,21-,22+,24-,25+,26+,30+,31-,32+/m0/s1. The van der Waals surface area contributed by atoms with Gasteiger partial charge >= 0.3 is 0 Å². The number of aliphatic hydroxyl groups is 6. The van der Waals surface area contributed by atoms with Crippen molar-refractivity contribution >= 4 is 11.0 Å². The zero-order valence-electron chi connectivity index (χ0n) is 25.6. The van der Waals surface area contributed by atoms with Gasteiger partial charge in [0.2, 0.25) is 17.5 Å². The number of rotatable bonds is 8. The van der Waals surface area contributed by atoms with Crippen LogP contribution in [0.5, 0.6) is 23.0 Å². The van der Waals surface area contributed by atoms with Gasteiger partial charge in [-0.1, -0.05) is 11.6 Å². The maximum Gasteiger partial charge on any atom is 0.239 e. The summed E-state index contributed by atoms with van der Waals surface area (Å²) in [6, 6.07) is 6.45. The Morgan fingerprint density at radius 2 is 1.55 bits per heavy atom. The van der Waals surface area contributed by atoms with Crippen LogP contribution in [0.1, 0.15) is 26.3 Å². The van der Waals surface area contributed by atoms with Crippen molar-refractivity contribution < 1.29 is 69.3 Å². The lowest BCUT2D eigenvalue weighted by molar-refractivity contribution is -0.355. The monoisotopic (exact) mass is 662 g/mol. The van der Waals surface area contributed by atoms with Crippen molar-refractivity contribution in [2.75, 3.05) is 6.61 Å². The number of fused-ring (bicyclic) bond motifs is 1. The van der Waals surface area contributed by atoms with E-state index >= 15 is 0 Å². The van der Waals surface area contributed by atoms with Gasteiger partial charge in [0.1, 0.15) is 64.8 Å². The van der Waals surface area contributed by atoms with Crippen LogP contribution in [0.3, 0.4) is 0 Å². The lowest BCUT2D eigenvalue weighted by Crippen LogP contribution is -2.64. The van der Waals surface area contributed by atoms with Crippen molar-refractivity contribution in [3.63, 3.8) is 0 Å². The number of aliphatic hydroxyl groups excluding tert-OH is 6. The molecule has 3 aromatic rings. The molecule has 2 aliphatic rings. The highest BCUT2D eigenvalue weighted by Gasteiger charge is 2.51. The van der Waals surface area contributed by atoms with Crippen LogP contribution >= 0.6 is 0 Å². The molecule has 9 N–H and O–H groups in total. The fourth-order valence-electron chi connectivity index (χ4n) is 5.48. The number of phenols is 3. The van der Waals surface area contributed by atoms with Crippen molar-refractivity contribution in [1.82, 2.24) is 0 Å². The van der Waals surface area contributed by atoms with Crippen LogP contribution in [0.25, 0.3) is 22.3 Å². The number of ether oxygens (including phenoxy) is 4. The number of hydrogen-bond donors (Lipinski definition) is 9. The Bertz CT molecular complexity index is 1660. The lowest BCUT2D eigenvalue weighted by atomic mass is 9.97. The van der Waals surface area contributed by atoms with E-state index in [1.54, 1.807) is 6.08 Å². The van der Waals surface area contributed by atoms with E-state index < -0.39 is 84.9 Å². The van der Waals surface area contributed by atoms with Crippen molar-refractivity contribution in [2.45, 2.75) is 88.6 Å². The van der Waals surface area contributed by atoms with Crippen molar-refractivity contribution in [1.29, 1.82) is 0 Å². The highest BCUT2D eigenvalue weighted by molar-refractivity contribution is 5.91. The summed E-state index contributed by atoms with van der Waals surface area (Å²) in [4.78, 5) is 14.2. The average molecular weight is 663 g/mol. The van der Waals surface area contributed by atoms with Gasteiger partial charge in [0.05, 0.1) is 12.7 Å². The van der Waals surface area contributed by atoms with E-state index in [9.17, 15) is 50.8 Å². The van der Waals surface area contributed by atoms with Gasteiger partial charge in [-0.15, -0.1) is 0 Å². The fraction of sp³-hybridized carbons (Fsp3) is 0.469. The second-order valence-electron chi connectivity index (χ2n) is 11.8. The van der Waals surface area contributed by atoms with Crippen molar-refractivity contribution in [3.05, 3.63) is 57.8 Å². The molecule has 15 nitrogen and oxygen atoms in total. The Morgan fingerprint density at radius 3 is 2.19 bits per heavy atom. The normalized spacial score (nSPS) is 31.1. The SMILES string of the molecule is CC(C)=CCc1c(O)cc(O)c2c(=O)c(O[C@H]3O[C@@H](C)[C@H](O)[C@@H](O)[C@H]3O[C@@H]3O[C@H](CO)[C@@H](O)[C@H](O)[C@H]3O)c(-c3ccc(O)cc3)oc12. The molecule has 47 heavy (non-hydrogen) atoms. The molecule has 5 rings (SSSR count). The molecule has 0 spiro atoms. The minimum Gasteiger partial charge on any atom is -0.508 e. The van der Waals surface area contributed by atoms with Crippen LogP contribution in [0.15, 0.2) is 51.2 Å². The second-order valence-corrected chi connectivity index (χ2v) is 11.8. The molecule has 2 aromatic carbocycles. The van der Waals surface area contributed by atoms with Gasteiger partial charge in [-0.05, 0) is 51.5 Å². The van der Waals surface area contributed by atoms with E-state index in [1.165, 1.54) is 31.2 Å². The van der Waals surface area contributed by atoms with Crippen molar-refractivity contribution in [3.8, 4) is 34.3 Å². The molecule has 2 aliphatic heterocycles. The molecule has 0 amide bonds. The minimum atomic E-state index is -1.89. The maximum atomic E-state index is 14.2. The predicted octanol–water partition coefficient (Wildman–Crippen LogP) is 0.116.